The molecular formula is C17H24N2O3. The Morgan fingerprint density at radius 1 is 1.18 bits per heavy atom. The molecule has 1 fully saturated rings. The van der Waals surface area contributed by atoms with Crippen molar-refractivity contribution in [2.24, 2.45) is 0 Å². The number of nitrogens with zero attached hydrogens (tertiary/aromatic N) is 2. The lowest BCUT2D eigenvalue weighted by atomic mass is 10.1. The first-order chi connectivity index (χ1) is 10.6. The molecule has 1 heterocycles. The van der Waals surface area contributed by atoms with Crippen LogP contribution in [0.4, 0.5) is 0 Å². The minimum atomic E-state index is -0.418. The Labute approximate surface area is 131 Å². The second kappa shape index (κ2) is 7.40. The molecule has 1 aromatic carbocycles. The number of amides is 2. The molecule has 22 heavy (non-hydrogen) atoms. The monoisotopic (exact) mass is 304 g/mol. The van der Waals surface area contributed by atoms with Crippen molar-refractivity contribution in [3.8, 4) is 0 Å². The Morgan fingerprint density at radius 2 is 1.77 bits per heavy atom. The molecular weight excluding hydrogens is 280 g/mol. The van der Waals surface area contributed by atoms with Crippen LogP contribution in [0, 0.1) is 0 Å². The third-order valence-electron chi connectivity index (χ3n) is 3.78. The van der Waals surface area contributed by atoms with Crippen molar-refractivity contribution in [2.75, 3.05) is 26.2 Å². The Hall–Kier alpha value is -1.88. The molecule has 1 aliphatic rings. The van der Waals surface area contributed by atoms with Crippen LogP contribution in [0.5, 0.6) is 0 Å². The SMILES string of the molecule is CCCN(CCC)C(=O)c1cccc(C(=O)N2CC(O)C2)c1. The van der Waals surface area contributed by atoms with Crippen LogP contribution in [0.1, 0.15) is 47.4 Å². The van der Waals surface area contributed by atoms with Gasteiger partial charge in [-0.1, -0.05) is 19.9 Å². The van der Waals surface area contributed by atoms with Crippen LogP contribution in [-0.2, 0) is 0 Å². The molecule has 2 amide bonds. The lowest BCUT2D eigenvalue weighted by Crippen LogP contribution is -2.53. The van der Waals surface area contributed by atoms with Crippen LogP contribution in [0.25, 0.3) is 0 Å². The number of likely N-dealkylation sites (tertiary alicyclic amines) is 1. The predicted molar refractivity (Wildman–Crippen MR) is 84.8 cm³/mol. The number of carbonyl (C=O) groups excluding carboxylic acids is 2. The van der Waals surface area contributed by atoms with Gasteiger partial charge < -0.3 is 14.9 Å². The molecule has 2 rings (SSSR count). The van der Waals surface area contributed by atoms with Gasteiger partial charge in [0.1, 0.15) is 0 Å². The van der Waals surface area contributed by atoms with Crippen molar-refractivity contribution >= 4 is 11.8 Å². The smallest absolute Gasteiger partial charge is 0.254 e. The van der Waals surface area contributed by atoms with Gasteiger partial charge in [-0.15, -0.1) is 0 Å². The largest absolute Gasteiger partial charge is 0.389 e. The maximum atomic E-state index is 12.6. The minimum absolute atomic E-state index is 0.0259. The summed E-state index contributed by atoms with van der Waals surface area (Å²) in [5.41, 5.74) is 1.06. The quantitative estimate of drug-likeness (QED) is 0.871. The molecule has 0 spiro atoms. The molecule has 5 heteroatoms. The Kier molecular flexibility index (Phi) is 5.55. The highest BCUT2D eigenvalue weighted by molar-refractivity contribution is 6.00. The van der Waals surface area contributed by atoms with E-state index in [1.807, 2.05) is 18.7 Å². The first-order valence-corrected chi connectivity index (χ1v) is 7.93. The van der Waals surface area contributed by atoms with E-state index in [4.69, 9.17) is 0 Å². The average molecular weight is 304 g/mol. The fraction of sp³-hybridized carbons (Fsp3) is 0.529. The minimum Gasteiger partial charge on any atom is -0.389 e. The molecule has 120 valence electrons. The summed E-state index contributed by atoms with van der Waals surface area (Å²) in [7, 11) is 0. The predicted octanol–water partition coefficient (Wildman–Crippen LogP) is 1.77. The van der Waals surface area contributed by atoms with Gasteiger partial charge in [0.05, 0.1) is 6.10 Å². The molecule has 0 saturated carbocycles. The van der Waals surface area contributed by atoms with Gasteiger partial charge in [-0.05, 0) is 31.0 Å². The van der Waals surface area contributed by atoms with E-state index in [1.165, 1.54) is 0 Å². The highest BCUT2D eigenvalue weighted by Crippen LogP contribution is 2.15. The number of hydrogen-bond acceptors (Lipinski definition) is 3. The average Bonchev–Trinajstić information content (AvgIpc) is 2.50. The van der Waals surface area contributed by atoms with Gasteiger partial charge in [0.15, 0.2) is 0 Å². The summed E-state index contributed by atoms with van der Waals surface area (Å²) in [5.74, 6) is -0.153. The van der Waals surface area contributed by atoms with Crippen molar-refractivity contribution in [1.82, 2.24) is 9.80 Å². The van der Waals surface area contributed by atoms with Gasteiger partial charge >= 0.3 is 0 Å². The Morgan fingerprint density at radius 3 is 2.32 bits per heavy atom. The zero-order chi connectivity index (χ0) is 16.1. The van der Waals surface area contributed by atoms with E-state index in [-0.39, 0.29) is 11.8 Å². The van der Waals surface area contributed by atoms with E-state index in [0.29, 0.717) is 24.2 Å². The van der Waals surface area contributed by atoms with E-state index < -0.39 is 6.10 Å². The molecule has 1 aliphatic heterocycles. The fourth-order valence-electron chi connectivity index (χ4n) is 2.63. The summed E-state index contributed by atoms with van der Waals surface area (Å²) >= 11 is 0. The maximum Gasteiger partial charge on any atom is 0.254 e. The third-order valence-corrected chi connectivity index (χ3v) is 3.78. The summed E-state index contributed by atoms with van der Waals surface area (Å²) in [6.45, 7) is 6.28. The van der Waals surface area contributed by atoms with E-state index in [0.717, 1.165) is 25.9 Å². The molecule has 0 unspecified atom stereocenters. The fourth-order valence-corrected chi connectivity index (χ4v) is 2.63. The van der Waals surface area contributed by atoms with E-state index in [9.17, 15) is 14.7 Å². The first kappa shape index (κ1) is 16.5. The third kappa shape index (κ3) is 3.65. The highest BCUT2D eigenvalue weighted by Gasteiger charge is 2.29. The van der Waals surface area contributed by atoms with Gasteiger partial charge in [-0.25, -0.2) is 0 Å². The molecule has 0 radical (unpaired) electrons. The van der Waals surface area contributed by atoms with Crippen molar-refractivity contribution in [3.05, 3.63) is 35.4 Å². The summed E-state index contributed by atoms with van der Waals surface area (Å²) < 4.78 is 0. The molecule has 0 aromatic heterocycles. The lowest BCUT2D eigenvalue weighted by Gasteiger charge is -2.35. The second-order valence-corrected chi connectivity index (χ2v) is 5.74. The summed E-state index contributed by atoms with van der Waals surface area (Å²) in [5, 5.41) is 9.29. The number of rotatable bonds is 6. The standard InChI is InChI=1S/C17H24N2O3/c1-3-8-18(9-4-2)16(21)13-6-5-7-14(10-13)17(22)19-11-15(20)12-19/h5-7,10,15,20H,3-4,8-9,11-12H2,1-2H3. The summed E-state index contributed by atoms with van der Waals surface area (Å²) in [6.07, 6.45) is 1.41. The molecule has 1 saturated heterocycles. The van der Waals surface area contributed by atoms with Crippen molar-refractivity contribution in [2.45, 2.75) is 32.8 Å². The molecule has 0 atom stereocenters. The summed E-state index contributed by atoms with van der Waals surface area (Å²) in [6, 6.07) is 6.87. The number of β-amino-alcohol motifs (C(OH)–C–C–N with tert-alkyl or cyclic N) is 1. The van der Waals surface area contributed by atoms with Gasteiger partial charge in [-0.3, -0.25) is 9.59 Å². The molecule has 0 bridgehead atoms. The lowest BCUT2D eigenvalue weighted by molar-refractivity contribution is 0.00589. The number of carbonyl (C=O) groups is 2. The number of benzene rings is 1. The maximum absolute atomic E-state index is 12.6. The van der Waals surface area contributed by atoms with E-state index in [1.54, 1.807) is 29.2 Å². The molecule has 1 aromatic rings. The Bertz CT molecular complexity index is 532. The van der Waals surface area contributed by atoms with Crippen LogP contribution < -0.4 is 0 Å². The van der Waals surface area contributed by atoms with Crippen LogP contribution >= 0.6 is 0 Å². The van der Waals surface area contributed by atoms with Crippen LogP contribution in [0.15, 0.2) is 24.3 Å². The van der Waals surface area contributed by atoms with Crippen molar-refractivity contribution in [3.63, 3.8) is 0 Å². The van der Waals surface area contributed by atoms with Gasteiger partial charge in [0, 0.05) is 37.3 Å². The van der Waals surface area contributed by atoms with Gasteiger partial charge in [-0.2, -0.15) is 0 Å². The summed E-state index contributed by atoms with van der Waals surface area (Å²) in [4.78, 5) is 28.2. The number of hydrogen-bond donors (Lipinski definition) is 1. The first-order valence-electron chi connectivity index (χ1n) is 7.93. The van der Waals surface area contributed by atoms with Crippen LogP contribution in [-0.4, -0.2) is 59.0 Å². The van der Waals surface area contributed by atoms with E-state index >= 15 is 0 Å². The number of aliphatic hydroxyl groups excluding tert-OH is 1. The van der Waals surface area contributed by atoms with Crippen LogP contribution in [0.3, 0.4) is 0 Å². The second-order valence-electron chi connectivity index (χ2n) is 5.74. The normalized spacial score (nSPS) is 14.6. The van der Waals surface area contributed by atoms with Gasteiger partial charge in [0.2, 0.25) is 0 Å². The van der Waals surface area contributed by atoms with Crippen molar-refractivity contribution < 1.29 is 14.7 Å². The molecule has 1 N–H and O–H groups in total. The van der Waals surface area contributed by atoms with Crippen molar-refractivity contribution in [1.29, 1.82) is 0 Å². The van der Waals surface area contributed by atoms with Crippen LogP contribution in [0.2, 0.25) is 0 Å². The number of aliphatic hydroxyl groups is 1. The van der Waals surface area contributed by atoms with Gasteiger partial charge in [0.25, 0.3) is 11.8 Å². The zero-order valence-electron chi connectivity index (χ0n) is 13.3. The highest BCUT2D eigenvalue weighted by atomic mass is 16.3. The van der Waals surface area contributed by atoms with E-state index in [2.05, 4.69) is 0 Å². The molecule has 0 aliphatic carbocycles. The molecule has 5 nitrogen and oxygen atoms in total. The Balaban J connectivity index is 2.13. The zero-order valence-corrected chi connectivity index (χ0v) is 13.3. The topological polar surface area (TPSA) is 60.9 Å².